The lowest BCUT2D eigenvalue weighted by Crippen LogP contribution is -2.48. The quantitative estimate of drug-likeness (QED) is 0.332. The molecular formula is C28H33F3N8O3. The fraction of sp³-hybridized carbons (Fsp3) is 0.464. The molecule has 0 aliphatic carbocycles. The van der Waals surface area contributed by atoms with Gasteiger partial charge in [-0.25, -0.2) is 14.5 Å². The second kappa shape index (κ2) is 10.9. The van der Waals surface area contributed by atoms with Crippen LogP contribution in [0.25, 0.3) is 28.0 Å². The molecule has 0 N–H and O–H groups in total. The van der Waals surface area contributed by atoms with E-state index in [1.54, 1.807) is 35.2 Å². The van der Waals surface area contributed by atoms with Crippen LogP contribution in [0, 0.1) is 0 Å². The number of amides is 1. The highest BCUT2D eigenvalue weighted by Gasteiger charge is 2.37. The van der Waals surface area contributed by atoms with Gasteiger partial charge < -0.3 is 19.3 Å². The summed E-state index contributed by atoms with van der Waals surface area (Å²) in [7, 11) is 1.62. The number of halogens is 3. The number of aromatic nitrogens is 6. The Labute approximate surface area is 240 Å². The molecule has 1 aliphatic heterocycles. The van der Waals surface area contributed by atoms with Crippen LogP contribution in [0.1, 0.15) is 27.7 Å². The van der Waals surface area contributed by atoms with E-state index in [1.807, 2.05) is 45.9 Å². The lowest BCUT2D eigenvalue weighted by molar-refractivity contribution is -0.142. The predicted octanol–water partition coefficient (Wildman–Crippen LogP) is 4.70. The Morgan fingerprint density at radius 2 is 1.81 bits per heavy atom. The van der Waals surface area contributed by atoms with Crippen molar-refractivity contribution in [3.8, 4) is 17.1 Å². The molecular weight excluding hydrogens is 553 g/mol. The van der Waals surface area contributed by atoms with Crippen LogP contribution in [-0.4, -0.2) is 91.2 Å². The predicted molar refractivity (Wildman–Crippen MR) is 149 cm³/mol. The molecule has 0 radical (unpaired) electrons. The van der Waals surface area contributed by atoms with Crippen molar-refractivity contribution in [3.05, 3.63) is 49.1 Å². The second-order valence-corrected chi connectivity index (χ2v) is 11.6. The summed E-state index contributed by atoms with van der Waals surface area (Å²) in [5.41, 5.74) is 0.295. The maximum absolute atomic E-state index is 12.9. The van der Waals surface area contributed by atoms with Crippen molar-refractivity contribution in [2.24, 2.45) is 0 Å². The Kier molecular flexibility index (Phi) is 7.60. The van der Waals surface area contributed by atoms with Gasteiger partial charge in [-0.3, -0.25) is 9.67 Å². The van der Waals surface area contributed by atoms with Gasteiger partial charge in [-0.05, 0) is 45.9 Å². The number of hydrogen-bond acceptors (Lipinski definition) is 8. The summed E-state index contributed by atoms with van der Waals surface area (Å²) in [6.45, 7) is 8.02. The Hall–Kier alpha value is -4.20. The number of carbonyl (C=O) groups is 1. The third kappa shape index (κ3) is 6.64. The number of nitrogens with zero attached hydrogens (tertiary/aromatic N) is 8. The number of methoxy groups -OCH3 is 1. The molecule has 4 aromatic heterocycles. The molecule has 0 aromatic carbocycles. The minimum atomic E-state index is -4.38. The minimum Gasteiger partial charge on any atom is -0.444 e. The number of fused-ring (bicyclic) bond motifs is 1. The van der Waals surface area contributed by atoms with Gasteiger partial charge in [0, 0.05) is 50.1 Å². The van der Waals surface area contributed by atoms with E-state index in [0.29, 0.717) is 54.6 Å². The van der Waals surface area contributed by atoms with Crippen LogP contribution in [0.3, 0.4) is 0 Å². The highest BCUT2D eigenvalue weighted by molar-refractivity contribution is 5.83. The van der Waals surface area contributed by atoms with Gasteiger partial charge in [0.15, 0.2) is 5.82 Å². The average Bonchev–Trinajstić information content (AvgIpc) is 3.50. The Morgan fingerprint density at radius 3 is 2.52 bits per heavy atom. The molecule has 1 saturated heterocycles. The smallest absolute Gasteiger partial charge is 0.410 e. The average molecular weight is 587 g/mol. The summed E-state index contributed by atoms with van der Waals surface area (Å²) in [5, 5.41) is 9.07. The van der Waals surface area contributed by atoms with Crippen LogP contribution in [0.2, 0.25) is 0 Å². The minimum absolute atomic E-state index is 0.355. The summed E-state index contributed by atoms with van der Waals surface area (Å²) >= 11 is 0. The zero-order chi connectivity index (χ0) is 30.3. The van der Waals surface area contributed by atoms with Gasteiger partial charge in [0.2, 0.25) is 0 Å². The second-order valence-electron chi connectivity index (χ2n) is 11.6. The standard InChI is InChI=1S/C28H33F3N8O3/c1-26(2,3)42-25(40)37-10-9-36(16-27(4,17-37)41-5)23-7-6-8-24(35-23)39-22-11-21(32-12-19(22)13-34-39)20-14-33-38(15-20)18-28(29,30)31/h6-8,11-15H,9-10,16-18H2,1-5H3/t27-/m0/s1. The van der Waals surface area contributed by atoms with E-state index in [1.165, 1.54) is 12.4 Å². The third-order valence-electron chi connectivity index (χ3n) is 6.82. The summed E-state index contributed by atoms with van der Waals surface area (Å²) in [6.07, 6.45) is 1.16. The molecule has 42 heavy (non-hydrogen) atoms. The Morgan fingerprint density at radius 1 is 1.05 bits per heavy atom. The van der Waals surface area contributed by atoms with Crippen molar-refractivity contribution in [2.75, 3.05) is 38.2 Å². The monoisotopic (exact) mass is 586 g/mol. The lowest BCUT2D eigenvalue weighted by Gasteiger charge is -2.34. The first-order valence-corrected chi connectivity index (χ1v) is 13.4. The fourth-order valence-corrected chi connectivity index (χ4v) is 4.80. The largest absolute Gasteiger partial charge is 0.444 e. The zero-order valence-corrected chi connectivity index (χ0v) is 24.1. The van der Waals surface area contributed by atoms with Crippen LogP contribution >= 0.6 is 0 Å². The van der Waals surface area contributed by atoms with Crippen molar-refractivity contribution in [1.82, 2.24) is 34.4 Å². The number of alkyl halides is 3. The van der Waals surface area contributed by atoms with E-state index in [-0.39, 0.29) is 0 Å². The lowest BCUT2D eigenvalue weighted by atomic mass is 10.1. The van der Waals surface area contributed by atoms with Crippen LogP contribution in [0.15, 0.2) is 49.1 Å². The van der Waals surface area contributed by atoms with E-state index in [9.17, 15) is 18.0 Å². The number of hydrogen-bond donors (Lipinski definition) is 0. The molecule has 0 spiro atoms. The zero-order valence-electron chi connectivity index (χ0n) is 24.1. The molecule has 5 rings (SSSR count). The normalized spacial score (nSPS) is 18.4. The summed E-state index contributed by atoms with van der Waals surface area (Å²) in [5.74, 6) is 1.22. The highest BCUT2D eigenvalue weighted by Crippen LogP contribution is 2.27. The summed E-state index contributed by atoms with van der Waals surface area (Å²) in [4.78, 5) is 25.9. The molecule has 1 amide bonds. The SMILES string of the molecule is CO[C@]1(C)CN(C(=O)OC(C)(C)C)CCN(c2cccc(-n3ncc4cnc(-c5cnn(CC(F)(F)F)c5)cc43)n2)C1. The third-order valence-corrected chi connectivity index (χ3v) is 6.82. The number of anilines is 1. The van der Waals surface area contributed by atoms with Crippen molar-refractivity contribution in [1.29, 1.82) is 0 Å². The van der Waals surface area contributed by atoms with Gasteiger partial charge in [0.25, 0.3) is 0 Å². The van der Waals surface area contributed by atoms with Crippen molar-refractivity contribution in [2.45, 2.75) is 51.6 Å². The molecule has 0 saturated carbocycles. The number of rotatable bonds is 5. The van der Waals surface area contributed by atoms with E-state index >= 15 is 0 Å². The number of pyridine rings is 2. The fourth-order valence-electron chi connectivity index (χ4n) is 4.80. The van der Waals surface area contributed by atoms with Gasteiger partial charge in [-0.15, -0.1) is 0 Å². The van der Waals surface area contributed by atoms with E-state index in [0.717, 1.165) is 10.1 Å². The van der Waals surface area contributed by atoms with E-state index in [2.05, 4.69) is 20.1 Å². The Balaban J connectivity index is 1.42. The topological polar surface area (TPSA) is 103 Å². The number of carbonyl (C=O) groups excluding carboxylic acids is 1. The molecule has 0 bridgehead atoms. The summed E-state index contributed by atoms with van der Waals surface area (Å²) in [6, 6.07) is 7.32. The van der Waals surface area contributed by atoms with Crippen molar-refractivity contribution in [3.63, 3.8) is 0 Å². The number of ether oxygens (including phenoxy) is 2. The maximum Gasteiger partial charge on any atom is 0.410 e. The van der Waals surface area contributed by atoms with E-state index in [4.69, 9.17) is 14.5 Å². The van der Waals surface area contributed by atoms with Crippen LogP contribution < -0.4 is 4.90 Å². The first-order chi connectivity index (χ1) is 19.7. The Bertz CT molecular complexity index is 1580. The van der Waals surface area contributed by atoms with Crippen LogP contribution in [0.4, 0.5) is 23.8 Å². The molecule has 11 nitrogen and oxygen atoms in total. The molecule has 1 atom stereocenters. The molecule has 0 unspecified atom stereocenters. The molecule has 5 heterocycles. The van der Waals surface area contributed by atoms with E-state index < -0.39 is 30.0 Å². The van der Waals surface area contributed by atoms with Crippen LogP contribution in [-0.2, 0) is 16.0 Å². The molecule has 1 fully saturated rings. The van der Waals surface area contributed by atoms with Crippen LogP contribution in [0.5, 0.6) is 0 Å². The first kappa shape index (κ1) is 29.3. The van der Waals surface area contributed by atoms with Gasteiger partial charge in [-0.1, -0.05) is 6.07 Å². The molecule has 4 aromatic rings. The maximum atomic E-state index is 12.9. The summed E-state index contributed by atoms with van der Waals surface area (Å²) < 4.78 is 52.3. The van der Waals surface area contributed by atoms with Crippen molar-refractivity contribution >= 4 is 22.8 Å². The highest BCUT2D eigenvalue weighted by atomic mass is 19.4. The molecule has 1 aliphatic rings. The molecule has 14 heteroatoms. The first-order valence-electron chi connectivity index (χ1n) is 13.4. The van der Waals surface area contributed by atoms with Gasteiger partial charge in [-0.2, -0.15) is 23.4 Å². The van der Waals surface area contributed by atoms with Crippen molar-refractivity contribution < 1.29 is 27.4 Å². The van der Waals surface area contributed by atoms with Gasteiger partial charge in [0.1, 0.15) is 23.6 Å². The molecule has 224 valence electrons. The van der Waals surface area contributed by atoms with Gasteiger partial charge in [0.05, 0.1) is 30.1 Å². The van der Waals surface area contributed by atoms with Gasteiger partial charge >= 0.3 is 12.3 Å².